The molecule has 2 aliphatic carbocycles. The fourth-order valence-corrected chi connectivity index (χ4v) is 11.1. The van der Waals surface area contributed by atoms with Gasteiger partial charge in [-0.1, -0.05) is 152 Å². The fraction of sp³-hybridized carbons (Fsp3) is 0.0508. The molecule has 2 heteroatoms. The molecule has 3 heterocycles. The number of hydrogen-bond donors (Lipinski definition) is 0. The summed E-state index contributed by atoms with van der Waals surface area (Å²) in [7, 11) is 0. The van der Waals surface area contributed by atoms with E-state index in [1.807, 2.05) is 6.07 Å². The molecule has 1 atom stereocenters. The smallest absolute Gasteiger partial charge is 0.136 e. The number of benzene rings is 9. The van der Waals surface area contributed by atoms with E-state index in [1.165, 1.54) is 110 Å². The minimum Gasteiger partial charge on any atom is -0.456 e. The van der Waals surface area contributed by atoms with E-state index < -0.39 is 0 Å². The molecule has 0 radical (unpaired) electrons. The van der Waals surface area contributed by atoms with Gasteiger partial charge in [0.1, 0.15) is 11.2 Å². The van der Waals surface area contributed by atoms with Crippen LogP contribution in [0.15, 0.2) is 192 Å². The van der Waals surface area contributed by atoms with Crippen LogP contribution in [0.4, 0.5) is 0 Å². The highest BCUT2D eigenvalue weighted by molar-refractivity contribution is 6.23. The first-order chi connectivity index (χ1) is 30.2. The van der Waals surface area contributed by atoms with Crippen LogP contribution in [0, 0.1) is 0 Å². The Morgan fingerprint density at radius 1 is 0.426 bits per heavy atom. The maximum absolute atomic E-state index is 6.33. The molecule has 0 fully saturated rings. The van der Waals surface area contributed by atoms with E-state index in [0.717, 1.165) is 34.8 Å². The van der Waals surface area contributed by atoms with E-state index in [4.69, 9.17) is 4.42 Å². The predicted octanol–water partition coefficient (Wildman–Crippen LogP) is 15.5. The molecule has 12 aromatic rings. The quantitative estimate of drug-likeness (QED) is 0.175. The largest absolute Gasteiger partial charge is 0.456 e. The lowest BCUT2D eigenvalue weighted by atomic mass is 9.75. The topological polar surface area (TPSA) is 17.6 Å². The van der Waals surface area contributed by atoms with Crippen molar-refractivity contribution in [2.45, 2.75) is 18.8 Å². The predicted molar refractivity (Wildman–Crippen MR) is 255 cm³/mol. The number of hydrogen-bond acceptors (Lipinski definition) is 1. The van der Waals surface area contributed by atoms with Gasteiger partial charge in [0.15, 0.2) is 0 Å². The zero-order chi connectivity index (χ0) is 39.8. The van der Waals surface area contributed by atoms with E-state index in [-0.39, 0.29) is 5.92 Å². The van der Waals surface area contributed by atoms with Gasteiger partial charge in [0.25, 0.3) is 0 Å². The highest BCUT2D eigenvalue weighted by atomic mass is 16.3. The number of para-hydroxylation sites is 3. The molecule has 0 spiro atoms. The van der Waals surface area contributed by atoms with Crippen LogP contribution in [-0.4, -0.2) is 4.40 Å². The second-order valence-corrected chi connectivity index (χ2v) is 17.2. The summed E-state index contributed by atoms with van der Waals surface area (Å²) in [5.74, 6) is 0.263. The lowest BCUT2D eigenvalue weighted by Gasteiger charge is -2.29. The zero-order valence-electron chi connectivity index (χ0n) is 33.3. The summed E-state index contributed by atoms with van der Waals surface area (Å²) in [6.07, 6.45) is 4.19. The van der Waals surface area contributed by atoms with Gasteiger partial charge in [0, 0.05) is 38.2 Å². The van der Waals surface area contributed by atoms with Gasteiger partial charge in [-0.15, -0.1) is 0 Å². The molecule has 2 nitrogen and oxygen atoms in total. The molecule has 1 unspecified atom stereocenters. The molecule has 14 rings (SSSR count). The van der Waals surface area contributed by atoms with E-state index in [0.29, 0.717) is 0 Å². The Labute approximate surface area is 352 Å². The highest BCUT2D eigenvalue weighted by Crippen LogP contribution is 2.47. The second-order valence-electron chi connectivity index (χ2n) is 17.2. The summed E-state index contributed by atoms with van der Waals surface area (Å²) < 4.78 is 8.83. The first-order valence-corrected chi connectivity index (χ1v) is 21.5. The molecule has 0 saturated carbocycles. The van der Waals surface area contributed by atoms with Gasteiger partial charge >= 0.3 is 0 Å². The summed E-state index contributed by atoms with van der Waals surface area (Å²) in [4.78, 5) is 0. The summed E-state index contributed by atoms with van der Waals surface area (Å²) in [6, 6.07) is 70.2. The van der Waals surface area contributed by atoms with Crippen molar-refractivity contribution in [3.8, 4) is 33.4 Å². The average molecular weight is 776 g/mol. The second kappa shape index (κ2) is 12.4. The maximum atomic E-state index is 6.33. The van der Waals surface area contributed by atoms with Crippen LogP contribution < -0.4 is 0 Å². The van der Waals surface area contributed by atoms with Gasteiger partial charge in [0.05, 0.1) is 16.6 Å². The molecular formula is C59H37NO. The summed E-state index contributed by atoms with van der Waals surface area (Å²) in [5, 5.41) is 7.62. The monoisotopic (exact) mass is 775 g/mol. The SMILES string of the molecule is C1=C(c2ccc3c(c2)oc2ccccc23)Cc2ccc(-c3ccc4c(c3)-c3ccccc3C(c3ccc5c6cccc7c8ccccc8n(c5c3)c76)C4)cc2-c2ccccc21. The first-order valence-electron chi connectivity index (χ1n) is 21.5. The molecule has 9 aromatic carbocycles. The van der Waals surface area contributed by atoms with E-state index in [9.17, 15) is 0 Å². The van der Waals surface area contributed by atoms with Crippen LogP contribution in [0.5, 0.6) is 0 Å². The Morgan fingerprint density at radius 2 is 1.08 bits per heavy atom. The minimum atomic E-state index is 0.263. The molecular weight excluding hydrogens is 739 g/mol. The Morgan fingerprint density at radius 3 is 1.97 bits per heavy atom. The van der Waals surface area contributed by atoms with Crippen molar-refractivity contribution in [2.75, 3.05) is 0 Å². The highest BCUT2D eigenvalue weighted by Gasteiger charge is 2.28. The van der Waals surface area contributed by atoms with Crippen molar-refractivity contribution < 1.29 is 4.42 Å². The van der Waals surface area contributed by atoms with Crippen LogP contribution in [0.2, 0.25) is 0 Å². The number of allylic oxidation sites excluding steroid dienone is 1. The number of fused-ring (bicyclic) bond motifs is 15. The van der Waals surface area contributed by atoms with Crippen molar-refractivity contribution >= 4 is 71.7 Å². The Hall–Kier alpha value is -7.68. The summed E-state index contributed by atoms with van der Waals surface area (Å²) >= 11 is 0. The van der Waals surface area contributed by atoms with E-state index in [1.54, 1.807) is 0 Å². The lowest BCUT2D eigenvalue weighted by molar-refractivity contribution is 0.669. The Bertz CT molecular complexity index is 3840. The van der Waals surface area contributed by atoms with Crippen LogP contribution in [-0.2, 0) is 12.8 Å². The molecule has 284 valence electrons. The minimum absolute atomic E-state index is 0.263. The van der Waals surface area contributed by atoms with Crippen molar-refractivity contribution in [2.24, 2.45) is 0 Å². The molecule has 2 aliphatic rings. The number of furan rings is 1. The van der Waals surface area contributed by atoms with Gasteiger partial charge in [-0.3, -0.25) is 0 Å². The Balaban J connectivity index is 0.842. The standard InChI is InChI=1S/C59H37NO/c1-2-11-43-38(10-1)28-42(37-24-27-49-48-15-6-8-19-57(48)61-58(49)34-37)29-39-22-20-35(30-52(39)43)36-21-23-40-32-54(45-13-4-3-12-44(45)53(40)31-36)41-25-26-47-51-17-9-16-50-46-14-5-7-18-55(46)60(59(50)51)56(47)33-41/h1-28,30-31,33-34,54H,29,32H2. The van der Waals surface area contributed by atoms with Crippen molar-refractivity contribution in [3.63, 3.8) is 0 Å². The van der Waals surface area contributed by atoms with Gasteiger partial charge in [-0.05, 0) is 128 Å². The first kappa shape index (κ1) is 33.2. The molecule has 0 aliphatic heterocycles. The fourth-order valence-electron chi connectivity index (χ4n) is 11.1. The van der Waals surface area contributed by atoms with Gasteiger partial charge in [-0.25, -0.2) is 0 Å². The van der Waals surface area contributed by atoms with E-state index in [2.05, 4.69) is 192 Å². The lowest BCUT2D eigenvalue weighted by Crippen LogP contribution is -2.12. The normalized spacial score (nSPS) is 14.7. The molecule has 0 amide bonds. The average Bonchev–Trinajstić information content (AvgIpc) is 3.94. The van der Waals surface area contributed by atoms with Crippen LogP contribution in [0.25, 0.3) is 105 Å². The van der Waals surface area contributed by atoms with Crippen LogP contribution >= 0.6 is 0 Å². The zero-order valence-corrected chi connectivity index (χ0v) is 33.3. The third-order valence-corrected chi connectivity index (χ3v) is 14.0. The van der Waals surface area contributed by atoms with Crippen molar-refractivity contribution in [3.05, 3.63) is 221 Å². The van der Waals surface area contributed by atoms with Crippen LogP contribution in [0.1, 0.15) is 39.3 Å². The van der Waals surface area contributed by atoms with Gasteiger partial charge in [0.2, 0.25) is 0 Å². The number of nitrogens with zero attached hydrogens (tertiary/aromatic N) is 1. The summed E-state index contributed by atoms with van der Waals surface area (Å²) in [6.45, 7) is 0. The van der Waals surface area contributed by atoms with Crippen LogP contribution in [0.3, 0.4) is 0 Å². The number of aromatic nitrogens is 1. The third kappa shape index (κ3) is 4.79. The van der Waals surface area contributed by atoms with Crippen molar-refractivity contribution in [1.82, 2.24) is 4.40 Å². The van der Waals surface area contributed by atoms with Crippen molar-refractivity contribution in [1.29, 1.82) is 0 Å². The summed E-state index contributed by atoms with van der Waals surface area (Å²) in [5.41, 5.74) is 22.8. The van der Waals surface area contributed by atoms with E-state index >= 15 is 0 Å². The molecule has 0 N–H and O–H groups in total. The molecule has 61 heavy (non-hydrogen) atoms. The molecule has 3 aromatic heterocycles. The maximum Gasteiger partial charge on any atom is 0.136 e. The molecule has 0 bridgehead atoms. The van der Waals surface area contributed by atoms with Gasteiger partial charge < -0.3 is 8.82 Å². The third-order valence-electron chi connectivity index (χ3n) is 14.0. The Kier molecular flexibility index (Phi) is 6.76. The molecule has 0 saturated heterocycles. The number of rotatable bonds is 3. The van der Waals surface area contributed by atoms with Gasteiger partial charge in [-0.2, -0.15) is 0 Å².